The molecule has 0 fully saturated rings. The Morgan fingerprint density at radius 1 is 1.09 bits per heavy atom. The van der Waals surface area contributed by atoms with E-state index in [1.54, 1.807) is 19.2 Å². The van der Waals surface area contributed by atoms with Crippen LogP contribution in [0.25, 0.3) is 0 Å². The Bertz CT molecular complexity index is 654. The number of nitrogen functional groups attached to an aromatic ring is 1. The van der Waals surface area contributed by atoms with Crippen LogP contribution in [-0.2, 0) is 17.8 Å². The molecule has 2 rings (SSSR count). The van der Waals surface area contributed by atoms with Gasteiger partial charge in [0.15, 0.2) is 11.5 Å². The van der Waals surface area contributed by atoms with E-state index >= 15 is 0 Å². The van der Waals surface area contributed by atoms with E-state index < -0.39 is 0 Å². The van der Waals surface area contributed by atoms with Gasteiger partial charge in [-0.2, -0.15) is 0 Å². The summed E-state index contributed by atoms with van der Waals surface area (Å²) >= 11 is 0. The van der Waals surface area contributed by atoms with E-state index in [0.717, 1.165) is 11.1 Å². The largest absolute Gasteiger partial charge is 0.493 e. The maximum absolute atomic E-state index is 12.0. The van der Waals surface area contributed by atoms with Crippen LogP contribution in [0, 0.1) is 0 Å². The first-order valence-electron chi connectivity index (χ1n) is 7.53. The number of hydrogen-bond acceptors (Lipinski definition) is 4. The molecule has 0 aliphatic heterocycles. The topological polar surface area (TPSA) is 73.6 Å². The van der Waals surface area contributed by atoms with Crippen LogP contribution in [0.3, 0.4) is 0 Å². The standard InChI is InChI=1S/C18H22N2O3/c1-3-23-17-10-14(6-9-16(17)22-2)12-20-18(21)11-13-4-7-15(19)8-5-13/h4-10H,3,11-12,19H2,1-2H3,(H,20,21). The van der Waals surface area contributed by atoms with E-state index in [-0.39, 0.29) is 5.91 Å². The fourth-order valence-corrected chi connectivity index (χ4v) is 2.18. The van der Waals surface area contributed by atoms with Gasteiger partial charge in [-0.3, -0.25) is 4.79 Å². The first-order valence-corrected chi connectivity index (χ1v) is 7.53. The Hall–Kier alpha value is -2.69. The van der Waals surface area contributed by atoms with Crippen LogP contribution in [0.5, 0.6) is 11.5 Å². The summed E-state index contributed by atoms with van der Waals surface area (Å²) in [6.07, 6.45) is 0.328. The van der Waals surface area contributed by atoms with Crippen molar-refractivity contribution in [3.63, 3.8) is 0 Å². The van der Waals surface area contributed by atoms with Crippen molar-refractivity contribution in [2.45, 2.75) is 19.9 Å². The molecule has 2 aromatic rings. The fourth-order valence-electron chi connectivity index (χ4n) is 2.18. The van der Waals surface area contributed by atoms with Gasteiger partial charge in [-0.15, -0.1) is 0 Å². The SMILES string of the molecule is CCOc1cc(CNC(=O)Cc2ccc(N)cc2)ccc1OC. The minimum absolute atomic E-state index is 0.0384. The highest BCUT2D eigenvalue weighted by molar-refractivity contribution is 5.78. The predicted molar refractivity (Wildman–Crippen MR) is 90.6 cm³/mol. The van der Waals surface area contributed by atoms with Crippen LogP contribution in [0.1, 0.15) is 18.1 Å². The summed E-state index contributed by atoms with van der Waals surface area (Å²) in [5, 5.41) is 2.90. The number of benzene rings is 2. The molecule has 0 saturated carbocycles. The first-order chi connectivity index (χ1) is 11.1. The van der Waals surface area contributed by atoms with Gasteiger partial charge >= 0.3 is 0 Å². The van der Waals surface area contributed by atoms with Gasteiger partial charge in [-0.25, -0.2) is 0 Å². The van der Waals surface area contributed by atoms with Gasteiger partial charge in [0.05, 0.1) is 20.1 Å². The molecule has 3 N–H and O–H groups in total. The zero-order valence-corrected chi connectivity index (χ0v) is 13.5. The van der Waals surface area contributed by atoms with E-state index in [9.17, 15) is 4.79 Å². The molecule has 0 aliphatic carbocycles. The van der Waals surface area contributed by atoms with E-state index in [4.69, 9.17) is 15.2 Å². The first kappa shape index (κ1) is 16.7. The second-order valence-electron chi connectivity index (χ2n) is 5.11. The molecule has 0 bridgehead atoms. The number of anilines is 1. The van der Waals surface area contributed by atoms with Crippen molar-refractivity contribution >= 4 is 11.6 Å². The molecule has 5 nitrogen and oxygen atoms in total. The highest BCUT2D eigenvalue weighted by atomic mass is 16.5. The number of carbonyl (C=O) groups excluding carboxylic acids is 1. The van der Waals surface area contributed by atoms with E-state index in [1.807, 2.05) is 37.3 Å². The van der Waals surface area contributed by atoms with Gasteiger partial charge < -0.3 is 20.5 Å². The van der Waals surface area contributed by atoms with Crippen molar-refractivity contribution in [1.29, 1.82) is 0 Å². The summed E-state index contributed by atoms with van der Waals surface area (Å²) in [5.74, 6) is 1.33. The summed E-state index contributed by atoms with van der Waals surface area (Å²) < 4.78 is 10.8. The highest BCUT2D eigenvalue weighted by Crippen LogP contribution is 2.27. The summed E-state index contributed by atoms with van der Waals surface area (Å²) in [7, 11) is 1.60. The lowest BCUT2D eigenvalue weighted by molar-refractivity contribution is -0.120. The van der Waals surface area contributed by atoms with Crippen molar-refractivity contribution in [1.82, 2.24) is 5.32 Å². The molecule has 122 valence electrons. The second-order valence-corrected chi connectivity index (χ2v) is 5.11. The van der Waals surface area contributed by atoms with Gasteiger partial charge in [0.2, 0.25) is 5.91 Å². The fraction of sp³-hybridized carbons (Fsp3) is 0.278. The lowest BCUT2D eigenvalue weighted by Crippen LogP contribution is -2.24. The monoisotopic (exact) mass is 314 g/mol. The van der Waals surface area contributed by atoms with Crippen molar-refractivity contribution < 1.29 is 14.3 Å². The normalized spacial score (nSPS) is 10.2. The number of hydrogen-bond donors (Lipinski definition) is 2. The maximum atomic E-state index is 12.0. The third kappa shape index (κ3) is 4.92. The van der Waals surface area contributed by atoms with Gasteiger partial charge in [0.25, 0.3) is 0 Å². The molecule has 0 spiro atoms. The van der Waals surface area contributed by atoms with Gasteiger partial charge in [-0.1, -0.05) is 18.2 Å². The van der Waals surface area contributed by atoms with Crippen molar-refractivity contribution in [3.8, 4) is 11.5 Å². The molecule has 0 atom stereocenters. The molecule has 0 aliphatic rings. The van der Waals surface area contributed by atoms with Gasteiger partial charge in [0, 0.05) is 12.2 Å². The summed E-state index contributed by atoms with van der Waals surface area (Å²) in [5.41, 5.74) is 8.21. The summed E-state index contributed by atoms with van der Waals surface area (Å²) in [6.45, 7) is 2.92. The van der Waals surface area contributed by atoms with Crippen LogP contribution in [-0.4, -0.2) is 19.6 Å². The molecule has 0 unspecified atom stereocenters. The third-order valence-electron chi connectivity index (χ3n) is 3.36. The van der Waals surface area contributed by atoms with E-state index in [1.165, 1.54) is 0 Å². The molecule has 0 heterocycles. The molecule has 5 heteroatoms. The molecule has 0 saturated heterocycles. The number of methoxy groups -OCH3 is 1. The number of carbonyl (C=O) groups is 1. The maximum Gasteiger partial charge on any atom is 0.224 e. The smallest absolute Gasteiger partial charge is 0.224 e. The minimum Gasteiger partial charge on any atom is -0.493 e. The van der Waals surface area contributed by atoms with Crippen LogP contribution in [0.4, 0.5) is 5.69 Å². The number of nitrogens with one attached hydrogen (secondary N) is 1. The van der Waals surface area contributed by atoms with Crippen LogP contribution in [0.2, 0.25) is 0 Å². The van der Waals surface area contributed by atoms with Gasteiger partial charge in [-0.05, 0) is 42.3 Å². The molecule has 1 amide bonds. The minimum atomic E-state index is -0.0384. The lowest BCUT2D eigenvalue weighted by Gasteiger charge is -2.11. The zero-order chi connectivity index (χ0) is 16.7. The number of ether oxygens (including phenoxy) is 2. The van der Waals surface area contributed by atoms with Crippen LogP contribution < -0.4 is 20.5 Å². The predicted octanol–water partition coefficient (Wildman–Crippen LogP) is 2.54. The van der Waals surface area contributed by atoms with Crippen molar-refractivity contribution in [2.75, 3.05) is 19.5 Å². The molecule has 0 radical (unpaired) electrons. The Morgan fingerprint density at radius 3 is 2.43 bits per heavy atom. The average Bonchev–Trinajstić information content (AvgIpc) is 2.56. The van der Waals surface area contributed by atoms with Crippen LogP contribution in [0.15, 0.2) is 42.5 Å². The molecular weight excluding hydrogens is 292 g/mol. The average molecular weight is 314 g/mol. The highest BCUT2D eigenvalue weighted by Gasteiger charge is 2.07. The van der Waals surface area contributed by atoms with Gasteiger partial charge in [0.1, 0.15) is 0 Å². The Labute approximate surface area is 136 Å². The quantitative estimate of drug-likeness (QED) is 0.770. The molecule has 2 aromatic carbocycles. The Balaban J connectivity index is 1.93. The summed E-state index contributed by atoms with van der Waals surface area (Å²) in [6, 6.07) is 12.9. The third-order valence-corrected chi connectivity index (χ3v) is 3.36. The summed E-state index contributed by atoms with van der Waals surface area (Å²) in [4.78, 5) is 12.0. The molecule has 0 aromatic heterocycles. The van der Waals surface area contributed by atoms with Crippen molar-refractivity contribution in [2.24, 2.45) is 0 Å². The molecular formula is C18H22N2O3. The lowest BCUT2D eigenvalue weighted by atomic mass is 10.1. The molecule has 23 heavy (non-hydrogen) atoms. The number of amides is 1. The second kappa shape index (κ2) is 8.08. The Morgan fingerprint density at radius 2 is 1.78 bits per heavy atom. The van der Waals surface area contributed by atoms with E-state index in [2.05, 4.69) is 5.32 Å². The van der Waals surface area contributed by atoms with E-state index in [0.29, 0.717) is 36.8 Å². The number of nitrogens with two attached hydrogens (primary N) is 1. The van der Waals surface area contributed by atoms with Crippen LogP contribution >= 0.6 is 0 Å². The number of rotatable bonds is 7. The van der Waals surface area contributed by atoms with Crippen molar-refractivity contribution in [3.05, 3.63) is 53.6 Å². The zero-order valence-electron chi connectivity index (χ0n) is 13.5. The Kier molecular flexibility index (Phi) is 5.86.